The number of aromatic nitrogens is 2. The Morgan fingerprint density at radius 2 is 1.96 bits per heavy atom. The Morgan fingerprint density at radius 1 is 1.19 bits per heavy atom. The van der Waals surface area contributed by atoms with Gasteiger partial charge in [0.1, 0.15) is 0 Å². The van der Waals surface area contributed by atoms with Gasteiger partial charge in [-0.05, 0) is 41.5 Å². The molecule has 6 nitrogen and oxygen atoms in total. The summed E-state index contributed by atoms with van der Waals surface area (Å²) < 4.78 is 20.3. The average molecular weight is 354 g/mol. The van der Waals surface area contributed by atoms with Crippen molar-refractivity contribution in [3.63, 3.8) is 0 Å². The molecular weight excluding hydrogens is 335 g/mol. The van der Waals surface area contributed by atoms with Crippen molar-refractivity contribution in [2.24, 2.45) is 0 Å². The molecule has 0 saturated heterocycles. The van der Waals surface area contributed by atoms with Crippen LogP contribution < -0.4 is 15.4 Å². The number of anilines is 1. The van der Waals surface area contributed by atoms with Crippen molar-refractivity contribution in [1.29, 1.82) is 0 Å². The first-order chi connectivity index (χ1) is 12.6. The highest BCUT2D eigenvalue weighted by Gasteiger charge is 2.06. The molecule has 2 amide bonds. The molecule has 0 unspecified atom stereocenters. The van der Waals surface area contributed by atoms with Gasteiger partial charge in [-0.3, -0.25) is 4.68 Å². The molecule has 0 aliphatic rings. The molecule has 0 bridgehead atoms. The summed E-state index contributed by atoms with van der Waals surface area (Å²) in [5.74, 6) is -0.284. The summed E-state index contributed by atoms with van der Waals surface area (Å²) in [5, 5.41) is 9.59. The van der Waals surface area contributed by atoms with Gasteiger partial charge < -0.3 is 15.4 Å². The highest BCUT2D eigenvalue weighted by Crippen LogP contribution is 2.17. The number of nitrogens with one attached hydrogen (secondary N) is 2. The summed E-state index contributed by atoms with van der Waals surface area (Å²) in [6.45, 7) is 0.882. The lowest BCUT2D eigenvalue weighted by Gasteiger charge is -2.09. The van der Waals surface area contributed by atoms with Crippen molar-refractivity contribution in [1.82, 2.24) is 15.1 Å². The maximum atomic E-state index is 13.6. The van der Waals surface area contributed by atoms with Crippen LogP contribution in [0.15, 0.2) is 60.9 Å². The van der Waals surface area contributed by atoms with E-state index in [9.17, 15) is 9.18 Å². The maximum Gasteiger partial charge on any atom is 0.319 e. The molecule has 0 saturated carbocycles. The first-order valence-corrected chi connectivity index (χ1v) is 8.07. The molecule has 3 aromatic rings. The number of methoxy groups -OCH3 is 1. The van der Waals surface area contributed by atoms with E-state index >= 15 is 0 Å². The number of hydrogen-bond acceptors (Lipinski definition) is 3. The molecule has 3 rings (SSSR count). The second-order valence-electron chi connectivity index (χ2n) is 5.68. The van der Waals surface area contributed by atoms with E-state index in [0.717, 1.165) is 5.56 Å². The number of halogens is 1. The molecule has 0 aliphatic heterocycles. The van der Waals surface area contributed by atoms with Gasteiger partial charge in [0.25, 0.3) is 0 Å². The second kappa shape index (κ2) is 8.15. The lowest BCUT2D eigenvalue weighted by atomic mass is 10.2. The van der Waals surface area contributed by atoms with E-state index < -0.39 is 5.82 Å². The van der Waals surface area contributed by atoms with Crippen molar-refractivity contribution < 1.29 is 13.9 Å². The molecule has 2 aromatic carbocycles. The van der Waals surface area contributed by atoms with E-state index in [4.69, 9.17) is 4.74 Å². The van der Waals surface area contributed by atoms with Gasteiger partial charge in [0.15, 0.2) is 11.6 Å². The van der Waals surface area contributed by atoms with Crippen LogP contribution in [0.4, 0.5) is 14.9 Å². The number of urea groups is 1. The topological polar surface area (TPSA) is 68.2 Å². The first kappa shape index (κ1) is 17.5. The third-order valence-electron chi connectivity index (χ3n) is 3.78. The van der Waals surface area contributed by atoms with Crippen LogP contribution in [-0.2, 0) is 13.1 Å². The largest absolute Gasteiger partial charge is 0.494 e. The molecule has 0 spiro atoms. The third-order valence-corrected chi connectivity index (χ3v) is 3.78. The monoisotopic (exact) mass is 354 g/mol. The van der Waals surface area contributed by atoms with Crippen molar-refractivity contribution in [3.8, 4) is 5.75 Å². The van der Waals surface area contributed by atoms with Crippen molar-refractivity contribution in [2.45, 2.75) is 13.1 Å². The van der Waals surface area contributed by atoms with Crippen LogP contribution in [0.1, 0.15) is 11.1 Å². The predicted octanol–water partition coefficient (Wildman–Crippen LogP) is 3.40. The van der Waals surface area contributed by atoms with Crippen LogP contribution >= 0.6 is 0 Å². The van der Waals surface area contributed by atoms with Crippen LogP contribution in [0.25, 0.3) is 0 Å². The normalized spacial score (nSPS) is 10.4. The van der Waals surface area contributed by atoms with Crippen LogP contribution in [0.5, 0.6) is 5.75 Å². The zero-order valence-corrected chi connectivity index (χ0v) is 14.3. The summed E-state index contributed by atoms with van der Waals surface area (Å²) in [4.78, 5) is 12.0. The maximum absolute atomic E-state index is 13.6. The number of benzene rings is 2. The molecule has 134 valence electrons. The number of carbonyl (C=O) groups excluding carboxylic acids is 1. The summed E-state index contributed by atoms with van der Waals surface area (Å²) in [6.07, 6.45) is 3.62. The van der Waals surface area contributed by atoms with Gasteiger partial charge in [0.2, 0.25) is 0 Å². The average Bonchev–Trinajstić information content (AvgIpc) is 3.15. The zero-order chi connectivity index (χ0) is 18.4. The highest BCUT2D eigenvalue weighted by atomic mass is 19.1. The first-order valence-electron chi connectivity index (χ1n) is 8.07. The van der Waals surface area contributed by atoms with Gasteiger partial charge in [-0.15, -0.1) is 0 Å². The Kier molecular flexibility index (Phi) is 5.48. The molecule has 0 radical (unpaired) electrons. The Morgan fingerprint density at radius 3 is 2.62 bits per heavy atom. The summed E-state index contributed by atoms with van der Waals surface area (Å²) in [7, 11) is 1.41. The number of ether oxygens (including phenoxy) is 1. The lowest BCUT2D eigenvalue weighted by molar-refractivity contribution is 0.251. The smallest absolute Gasteiger partial charge is 0.319 e. The number of nitrogens with zero attached hydrogens (tertiary/aromatic N) is 2. The lowest BCUT2D eigenvalue weighted by Crippen LogP contribution is -2.28. The Labute approximate surface area is 150 Å². The predicted molar refractivity (Wildman–Crippen MR) is 96.6 cm³/mol. The second-order valence-corrected chi connectivity index (χ2v) is 5.68. The standard InChI is InChI=1S/C19H19FN4O2/c1-26-18-8-5-15(11-17(18)20)12-21-19(25)23-16-6-3-14(4-7-16)13-24-10-2-9-22-24/h2-11H,12-13H2,1H3,(H2,21,23,25). The number of rotatable bonds is 6. The molecule has 0 fully saturated rings. The number of amides is 2. The van der Waals surface area contributed by atoms with E-state index in [1.807, 2.05) is 41.2 Å². The van der Waals surface area contributed by atoms with Gasteiger partial charge in [0, 0.05) is 24.6 Å². The SMILES string of the molecule is COc1ccc(CNC(=O)Nc2ccc(Cn3cccn3)cc2)cc1F. The van der Waals surface area contributed by atoms with Gasteiger partial charge in [-0.1, -0.05) is 18.2 Å². The van der Waals surface area contributed by atoms with Crippen LogP contribution in [0.2, 0.25) is 0 Å². The van der Waals surface area contributed by atoms with Crippen molar-refractivity contribution in [2.75, 3.05) is 12.4 Å². The van der Waals surface area contributed by atoms with E-state index in [0.29, 0.717) is 17.8 Å². The minimum absolute atomic E-state index is 0.174. The molecule has 0 atom stereocenters. The highest BCUT2D eigenvalue weighted by molar-refractivity contribution is 5.89. The van der Waals surface area contributed by atoms with Crippen molar-refractivity contribution >= 4 is 11.7 Å². The molecule has 26 heavy (non-hydrogen) atoms. The van der Waals surface area contributed by atoms with Crippen LogP contribution in [0, 0.1) is 5.82 Å². The van der Waals surface area contributed by atoms with E-state index in [2.05, 4.69) is 15.7 Å². The fraction of sp³-hybridized carbons (Fsp3) is 0.158. The minimum Gasteiger partial charge on any atom is -0.494 e. The molecule has 0 aliphatic carbocycles. The number of hydrogen-bond donors (Lipinski definition) is 2. The molecular formula is C19H19FN4O2. The van der Waals surface area contributed by atoms with E-state index in [1.165, 1.54) is 19.2 Å². The van der Waals surface area contributed by atoms with Gasteiger partial charge >= 0.3 is 6.03 Å². The fourth-order valence-corrected chi connectivity index (χ4v) is 2.45. The Balaban J connectivity index is 1.50. The Hall–Kier alpha value is -3.35. The summed E-state index contributed by atoms with van der Waals surface area (Å²) >= 11 is 0. The van der Waals surface area contributed by atoms with Crippen LogP contribution in [0.3, 0.4) is 0 Å². The molecule has 1 aromatic heterocycles. The zero-order valence-electron chi connectivity index (χ0n) is 14.3. The number of carbonyl (C=O) groups is 1. The van der Waals surface area contributed by atoms with Crippen molar-refractivity contribution in [3.05, 3.63) is 77.9 Å². The van der Waals surface area contributed by atoms with E-state index in [-0.39, 0.29) is 18.3 Å². The quantitative estimate of drug-likeness (QED) is 0.713. The Bertz CT molecular complexity index is 864. The van der Waals surface area contributed by atoms with Gasteiger partial charge in [-0.2, -0.15) is 5.10 Å². The summed E-state index contributed by atoms with van der Waals surface area (Å²) in [6, 6.07) is 13.6. The van der Waals surface area contributed by atoms with E-state index in [1.54, 1.807) is 12.3 Å². The fourth-order valence-electron chi connectivity index (χ4n) is 2.45. The third kappa shape index (κ3) is 4.60. The molecule has 7 heteroatoms. The minimum atomic E-state index is -0.458. The summed E-state index contributed by atoms with van der Waals surface area (Å²) in [5.41, 5.74) is 2.40. The molecule has 2 N–H and O–H groups in total. The molecule has 1 heterocycles. The van der Waals surface area contributed by atoms with Gasteiger partial charge in [0.05, 0.1) is 13.7 Å². The van der Waals surface area contributed by atoms with Crippen LogP contribution in [-0.4, -0.2) is 22.9 Å². The van der Waals surface area contributed by atoms with Gasteiger partial charge in [-0.25, -0.2) is 9.18 Å².